The van der Waals surface area contributed by atoms with Crippen molar-refractivity contribution in [1.82, 2.24) is 0 Å². The number of benzene rings is 2. The van der Waals surface area contributed by atoms with E-state index in [0.717, 1.165) is 0 Å². The van der Waals surface area contributed by atoms with E-state index in [4.69, 9.17) is 4.42 Å². The van der Waals surface area contributed by atoms with Crippen molar-refractivity contribution >= 4 is 28.4 Å². The minimum absolute atomic E-state index is 0.0484. The summed E-state index contributed by atoms with van der Waals surface area (Å²) in [6.07, 6.45) is 0. The summed E-state index contributed by atoms with van der Waals surface area (Å²) in [6, 6.07) is 13.1. The SMILES string of the molecule is O=C(Nc1ccccc1F)Nc1cc(=O)oc2ccccc12. The average Bonchev–Trinajstić information content (AvgIpc) is 2.49. The average molecular weight is 298 g/mol. The number of carbonyl (C=O) groups is 1. The number of amides is 2. The van der Waals surface area contributed by atoms with Gasteiger partial charge < -0.3 is 15.1 Å². The summed E-state index contributed by atoms with van der Waals surface area (Å²) < 4.78 is 18.5. The first-order valence-electron chi connectivity index (χ1n) is 6.49. The summed E-state index contributed by atoms with van der Waals surface area (Å²) in [4.78, 5) is 23.5. The summed E-state index contributed by atoms with van der Waals surface area (Å²) in [5, 5.41) is 5.48. The van der Waals surface area contributed by atoms with Crippen LogP contribution in [-0.4, -0.2) is 6.03 Å². The third-order valence-electron chi connectivity index (χ3n) is 3.02. The van der Waals surface area contributed by atoms with Crippen molar-refractivity contribution in [1.29, 1.82) is 0 Å². The maximum Gasteiger partial charge on any atom is 0.338 e. The van der Waals surface area contributed by atoms with Crippen LogP contribution < -0.4 is 16.3 Å². The van der Waals surface area contributed by atoms with Gasteiger partial charge in [0.1, 0.15) is 11.4 Å². The zero-order valence-corrected chi connectivity index (χ0v) is 11.3. The molecule has 6 heteroatoms. The Hall–Kier alpha value is -3.15. The summed E-state index contributed by atoms with van der Waals surface area (Å²) in [5.74, 6) is -0.546. The fraction of sp³-hybridized carbons (Fsp3) is 0. The van der Waals surface area contributed by atoms with E-state index in [1.54, 1.807) is 30.3 Å². The van der Waals surface area contributed by atoms with Crippen LogP contribution in [0.2, 0.25) is 0 Å². The summed E-state index contributed by atoms with van der Waals surface area (Å²) >= 11 is 0. The highest BCUT2D eigenvalue weighted by molar-refractivity contribution is 6.05. The molecule has 0 bridgehead atoms. The van der Waals surface area contributed by atoms with Crippen molar-refractivity contribution in [3.63, 3.8) is 0 Å². The predicted molar refractivity (Wildman–Crippen MR) is 81.5 cm³/mol. The van der Waals surface area contributed by atoms with Crippen molar-refractivity contribution < 1.29 is 13.6 Å². The molecule has 0 saturated heterocycles. The van der Waals surface area contributed by atoms with E-state index in [9.17, 15) is 14.0 Å². The zero-order valence-electron chi connectivity index (χ0n) is 11.3. The number of hydrogen-bond acceptors (Lipinski definition) is 3. The molecule has 0 fully saturated rings. The third kappa shape index (κ3) is 2.80. The maximum absolute atomic E-state index is 13.5. The number of fused-ring (bicyclic) bond motifs is 1. The number of rotatable bonds is 2. The number of hydrogen-bond donors (Lipinski definition) is 2. The predicted octanol–water partition coefficient (Wildman–Crippen LogP) is 3.58. The lowest BCUT2D eigenvalue weighted by Gasteiger charge is -2.09. The molecule has 0 saturated carbocycles. The van der Waals surface area contributed by atoms with Gasteiger partial charge in [-0.15, -0.1) is 0 Å². The molecule has 0 aliphatic rings. The van der Waals surface area contributed by atoms with Crippen LogP contribution in [0.5, 0.6) is 0 Å². The normalized spacial score (nSPS) is 10.4. The molecular formula is C16H11FN2O3. The number of halogens is 1. The smallest absolute Gasteiger partial charge is 0.338 e. The van der Waals surface area contributed by atoms with Crippen molar-refractivity contribution in [2.24, 2.45) is 0 Å². The van der Waals surface area contributed by atoms with E-state index in [1.807, 2.05) is 0 Å². The molecule has 0 aliphatic heterocycles. The fourth-order valence-corrected chi connectivity index (χ4v) is 2.05. The number of urea groups is 1. The standard InChI is InChI=1S/C16H11FN2O3/c17-11-6-2-3-7-12(11)18-16(21)19-13-9-15(20)22-14-8-4-1-5-10(13)14/h1-9H,(H2,18,19,21). The lowest BCUT2D eigenvalue weighted by Crippen LogP contribution is -2.21. The molecule has 3 rings (SSSR count). The van der Waals surface area contributed by atoms with E-state index >= 15 is 0 Å². The Morgan fingerprint density at radius 3 is 2.45 bits per heavy atom. The third-order valence-corrected chi connectivity index (χ3v) is 3.02. The van der Waals surface area contributed by atoms with Crippen LogP contribution in [0, 0.1) is 5.82 Å². The molecule has 2 aromatic carbocycles. The first kappa shape index (κ1) is 13.8. The van der Waals surface area contributed by atoms with Crippen molar-refractivity contribution in [2.75, 3.05) is 10.6 Å². The van der Waals surface area contributed by atoms with Gasteiger partial charge >= 0.3 is 11.7 Å². The Labute approximate surface area is 124 Å². The van der Waals surface area contributed by atoms with Gasteiger partial charge in [0.2, 0.25) is 0 Å². The van der Waals surface area contributed by atoms with Gasteiger partial charge in [0.15, 0.2) is 0 Å². The maximum atomic E-state index is 13.5. The first-order chi connectivity index (χ1) is 10.6. The van der Waals surface area contributed by atoms with E-state index in [0.29, 0.717) is 16.7 Å². The molecule has 1 aromatic heterocycles. The van der Waals surface area contributed by atoms with E-state index in [1.165, 1.54) is 24.3 Å². The van der Waals surface area contributed by atoms with Crippen LogP contribution in [0.3, 0.4) is 0 Å². The molecule has 110 valence electrons. The molecule has 0 radical (unpaired) electrons. The largest absolute Gasteiger partial charge is 0.423 e. The summed E-state index contributed by atoms with van der Waals surface area (Å²) in [5.41, 5.74) is 0.115. The molecule has 0 aliphatic carbocycles. The molecule has 0 unspecified atom stereocenters. The van der Waals surface area contributed by atoms with Crippen molar-refractivity contribution in [2.45, 2.75) is 0 Å². The molecule has 2 N–H and O–H groups in total. The van der Waals surface area contributed by atoms with Gasteiger partial charge in [-0.25, -0.2) is 14.0 Å². The minimum atomic E-state index is -0.652. The summed E-state index contributed by atoms with van der Waals surface area (Å²) in [7, 11) is 0. The molecule has 1 heterocycles. The molecule has 3 aromatic rings. The highest BCUT2D eigenvalue weighted by Gasteiger charge is 2.10. The van der Waals surface area contributed by atoms with Gasteiger partial charge in [0, 0.05) is 11.5 Å². The van der Waals surface area contributed by atoms with Crippen LogP contribution in [-0.2, 0) is 0 Å². The number of nitrogens with one attached hydrogen (secondary N) is 2. The topological polar surface area (TPSA) is 71.3 Å². The van der Waals surface area contributed by atoms with Crippen molar-refractivity contribution in [3.8, 4) is 0 Å². The zero-order chi connectivity index (χ0) is 15.5. The van der Waals surface area contributed by atoms with Gasteiger partial charge in [0.05, 0.1) is 11.4 Å². The first-order valence-corrected chi connectivity index (χ1v) is 6.49. The molecule has 0 spiro atoms. The van der Waals surface area contributed by atoms with Gasteiger partial charge in [-0.05, 0) is 24.3 Å². The Morgan fingerprint density at radius 2 is 1.64 bits per heavy atom. The van der Waals surface area contributed by atoms with Gasteiger partial charge in [0.25, 0.3) is 0 Å². The van der Waals surface area contributed by atoms with E-state index in [2.05, 4.69) is 10.6 Å². The molecule has 5 nitrogen and oxygen atoms in total. The molecule has 0 atom stereocenters. The molecular weight excluding hydrogens is 287 g/mol. The Morgan fingerprint density at radius 1 is 0.955 bits per heavy atom. The second-order valence-corrected chi connectivity index (χ2v) is 4.53. The monoisotopic (exact) mass is 298 g/mol. The number of carbonyl (C=O) groups excluding carboxylic acids is 1. The van der Waals surface area contributed by atoms with Gasteiger partial charge in [-0.1, -0.05) is 24.3 Å². The highest BCUT2D eigenvalue weighted by atomic mass is 19.1. The summed E-state index contributed by atoms with van der Waals surface area (Å²) in [6.45, 7) is 0. The number of para-hydroxylation sites is 2. The van der Waals surface area contributed by atoms with Gasteiger partial charge in [-0.2, -0.15) is 0 Å². The van der Waals surface area contributed by atoms with E-state index < -0.39 is 17.5 Å². The Balaban J connectivity index is 1.89. The number of anilines is 2. The van der Waals surface area contributed by atoms with Crippen molar-refractivity contribution in [3.05, 3.63) is 70.8 Å². The molecule has 22 heavy (non-hydrogen) atoms. The van der Waals surface area contributed by atoms with Crippen LogP contribution >= 0.6 is 0 Å². The Kier molecular flexibility index (Phi) is 3.57. The van der Waals surface area contributed by atoms with Crippen LogP contribution in [0.25, 0.3) is 11.0 Å². The van der Waals surface area contributed by atoms with Crippen LogP contribution in [0.4, 0.5) is 20.6 Å². The second-order valence-electron chi connectivity index (χ2n) is 4.53. The lowest BCUT2D eigenvalue weighted by atomic mass is 10.2. The second kappa shape index (κ2) is 5.69. The Bertz CT molecular complexity index is 905. The van der Waals surface area contributed by atoms with E-state index in [-0.39, 0.29) is 5.69 Å². The quantitative estimate of drug-likeness (QED) is 0.710. The van der Waals surface area contributed by atoms with Crippen LogP contribution in [0.1, 0.15) is 0 Å². The van der Waals surface area contributed by atoms with Crippen LogP contribution in [0.15, 0.2) is 63.8 Å². The molecule has 2 amide bonds. The fourth-order valence-electron chi connectivity index (χ4n) is 2.05. The minimum Gasteiger partial charge on any atom is -0.423 e. The highest BCUT2D eigenvalue weighted by Crippen LogP contribution is 2.21. The lowest BCUT2D eigenvalue weighted by molar-refractivity contribution is 0.262. The van der Waals surface area contributed by atoms with Gasteiger partial charge in [-0.3, -0.25) is 0 Å².